The molecule has 1 aliphatic rings. The molecule has 1 fully saturated rings. The molecule has 1 N–H and O–H groups in total. The fourth-order valence-electron chi connectivity index (χ4n) is 3.17. The fraction of sp³-hybridized carbons (Fsp3) is 0.278. The van der Waals surface area contributed by atoms with Gasteiger partial charge in [0.25, 0.3) is 0 Å². The number of nitrogens with zero attached hydrogens (tertiary/aromatic N) is 4. The fourth-order valence-corrected chi connectivity index (χ4v) is 3.17. The van der Waals surface area contributed by atoms with Crippen molar-refractivity contribution < 1.29 is 9.21 Å². The Morgan fingerprint density at radius 3 is 3.08 bits per heavy atom. The Morgan fingerprint density at radius 1 is 1.32 bits per heavy atom. The van der Waals surface area contributed by atoms with Crippen LogP contribution in [-0.2, 0) is 6.54 Å². The summed E-state index contributed by atoms with van der Waals surface area (Å²) in [5.74, 6) is 1.57. The molecule has 1 saturated heterocycles. The molecule has 7 nitrogen and oxygen atoms in total. The summed E-state index contributed by atoms with van der Waals surface area (Å²) in [5.41, 5.74) is 0.975. The summed E-state index contributed by atoms with van der Waals surface area (Å²) in [6.07, 6.45) is 8.83. The smallest absolute Gasteiger partial charge is 0.318 e. The molecule has 25 heavy (non-hydrogen) atoms. The van der Waals surface area contributed by atoms with E-state index in [9.17, 15) is 4.79 Å². The number of hydrogen-bond acceptors (Lipinski definition) is 4. The maximum absolute atomic E-state index is 12.6. The Labute approximate surface area is 145 Å². The van der Waals surface area contributed by atoms with Crippen molar-refractivity contribution in [2.75, 3.05) is 6.54 Å². The van der Waals surface area contributed by atoms with Crippen LogP contribution in [0.5, 0.6) is 0 Å². The zero-order valence-corrected chi connectivity index (χ0v) is 13.7. The van der Waals surface area contributed by atoms with E-state index in [0.29, 0.717) is 6.54 Å². The van der Waals surface area contributed by atoms with E-state index in [1.54, 1.807) is 23.3 Å². The molecular formula is C18H19N5O2. The number of aromatic nitrogens is 3. The average Bonchev–Trinajstić information content (AvgIpc) is 3.41. The van der Waals surface area contributed by atoms with Crippen molar-refractivity contribution in [3.8, 4) is 5.82 Å². The van der Waals surface area contributed by atoms with Gasteiger partial charge in [-0.1, -0.05) is 0 Å². The van der Waals surface area contributed by atoms with E-state index in [1.165, 1.54) is 0 Å². The maximum Gasteiger partial charge on any atom is 0.318 e. The third-order valence-corrected chi connectivity index (χ3v) is 4.38. The number of carbonyl (C=O) groups is 1. The van der Waals surface area contributed by atoms with Crippen LogP contribution in [0.2, 0.25) is 0 Å². The van der Waals surface area contributed by atoms with E-state index in [-0.39, 0.29) is 12.1 Å². The summed E-state index contributed by atoms with van der Waals surface area (Å²) in [7, 11) is 0. The van der Waals surface area contributed by atoms with Crippen molar-refractivity contribution in [3.63, 3.8) is 0 Å². The number of nitrogens with one attached hydrogen (secondary N) is 1. The minimum Gasteiger partial charge on any atom is -0.467 e. The van der Waals surface area contributed by atoms with Gasteiger partial charge >= 0.3 is 6.03 Å². The second kappa shape index (κ2) is 6.80. The molecule has 7 heteroatoms. The standard InChI is InChI=1S/C18H19N5O2/c24-18(22-9-1-4-15(22)16-5-2-11-25-16)20-13-14-6-8-19-17(12-14)23-10-3-7-21-23/h2-3,5-8,10-12,15H,1,4,9,13H2,(H,20,24)/t15-/m0/s1. The van der Waals surface area contributed by atoms with Gasteiger partial charge in [0.15, 0.2) is 5.82 Å². The monoisotopic (exact) mass is 337 g/mol. The van der Waals surface area contributed by atoms with E-state index >= 15 is 0 Å². The Kier molecular flexibility index (Phi) is 4.20. The molecule has 1 aliphatic heterocycles. The van der Waals surface area contributed by atoms with Crippen LogP contribution in [0.3, 0.4) is 0 Å². The van der Waals surface area contributed by atoms with Gasteiger partial charge in [-0.2, -0.15) is 5.10 Å². The molecule has 3 aromatic rings. The van der Waals surface area contributed by atoms with Crippen molar-refractivity contribution >= 4 is 6.03 Å². The molecule has 4 rings (SSSR count). The minimum atomic E-state index is -0.0728. The zero-order valence-electron chi connectivity index (χ0n) is 13.7. The van der Waals surface area contributed by atoms with Gasteiger partial charge in [-0.3, -0.25) is 0 Å². The number of carbonyl (C=O) groups excluding carboxylic acids is 1. The van der Waals surface area contributed by atoms with E-state index in [4.69, 9.17) is 4.42 Å². The molecule has 2 amide bonds. The van der Waals surface area contributed by atoms with Crippen LogP contribution < -0.4 is 5.32 Å². The molecule has 128 valence electrons. The molecule has 3 aromatic heterocycles. The molecule has 0 aliphatic carbocycles. The second-order valence-electron chi connectivity index (χ2n) is 6.00. The molecule has 4 heterocycles. The number of hydrogen-bond donors (Lipinski definition) is 1. The average molecular weight is 337 g/mol. The summed E-state index contributed by atoms with van der Waals surface area (Å²) < 4.78 is 7.17. The van der Waals surface area contributed by atoms with Crippen LogP contribution in [0, 0.1) is 0 Å². The van der Waals surface area contributed by atoms with Gasteiger partial charge in [-0.15, -0.1) is 0 Å². The van der Waals surface area contributed by atoms with Gasteiger partial charge < -0.3 is 14.6 Å². The summed E-state index contributed by atoms with van der Waals surface area (Å²) in [5, 5.41) is 7.17. The Bertz CT molecular complexity index is 829. The molecule has 0 bridgehead atoms. The third-order valence-electron chi connectivity index (χ3n) is 4.38. The van der Waals surface area contributed by atoms with Gasteiger partial charge in [0.2, 0.25) is 0 Å². The van der Waals surface area contributed by atoms with Crippen LogP contribution in [-0.4, -0.2) is 32.2 Å². The first kappa shape index (κ1) is 15.4. The van der Waals surface area contributed by atoms with E-state index in [2.05, 4.69) is 15.4 Å². The van der Waals surface area contributed by atoms with E-state index in [1.807, 2.05) is 41.4 Å². The summed E-state index contributed by atoms with van der Waals surface area (Å²) in [6, 6.07) is 9.39. The summed E-state index contributed by atoms with van der Waals surface area (Å²) in [6.45, 7) is 1.18. The molecule has 0 unspecified atom stereocenters. The minimum absolute atomic E-state index is 0.0204. The normalized spacial score (nSPS) is 17.0. The van der Waals surface area contributed by atoms with Crippen molar-refractivity contribution in [2.24, 2.45) is 0 Å². The first-order valence-corrected chi connectivity index (χ1v) is 8.34. The van der Waals surface area contributed by atoms with Crippen LogP contribution in [0.25, 0.3) is 5.82 Å². The van der Waals surface area contributed by atoms with Crippen molar-refractivity contribution in [1.29, 1.82) is 0 Å². The number of pyridine rings is 1. The molecule has 0 saturated carbocycles. The van der Waals surface area contributed by atoms with E-state index in [0.717, 1.165) is 36.5 Å². The Hall–Kier alpha value is -3.09. The van der Waals surface area contributed by atoms with Crippen molar-refractivity contribution in [2.45, 2.75) is 25.4 Å². The number of likely N-dealkylation sites (tertiary alicyclic amines) is 1. The number of furan rings is 1. The van der Waals surface area contributed by atoms with Gasteiger partial charge in [-0.25, -0.2) is 14.5 Å². The van der Waals surface area contributed by atoms with Crippen LogP contribution in [0.15, 0.2) is 59.6 Å². The van der Waals surface area contributed by atoms with Gasteiger partial charge in [0, 0.05) is 31.7 Å². The van der Waals surface area contributed by atoms with Gasteiger partial charge in [0.1, 0.15) is 5.76 Å². The van der Waals surface area contributed by atoms with Gasteiger partial charge in [0.05, 0.1) is 12.3 Å². The highest BCUT2D eigenvalue weighted by molar-refractivity contribution is 5.75. The molecule has 1 atom stereocenters. The summed E-state index contributed by atoms with van der Waals surface area (Å²) >= 11 is 0. The highest BCUT2D eigenvalue weighted by atomic mass is 16.3. The Balaban J connectivity index is 1.41. The lowest BCUT2D eigenvalue weighted by atomic mass is 10.2. The Morgan fingerprint density at radius 2 is 2.28 bits per heavy atom. The van der Waals surface area contributed by atoms with Crippen LogP contribution in [0.4, 0.5) is 4.79 Å². The zero-order chi connectivity index (χ0) is 17.1. The molecule has 0 radical (unpaired) electrons. The lowest BCUT2D eigenvalue weighted by molar-refractivity contribution is 0.186. The first-order valence-electron chi connectivity index (χ1n) is 8.34. The number of amides is 2. The molecule has 0 aromatic carbocycles. The molecular weight excluding hydrogens is 318 g/mol. The maximum atomic E-state index is 12.6. The largest absolute Gasteiger partial charge is 0.467 e. The van der Waals surface area contributed by atoms with Crippen molar-refractivity contribution in [1.82, 2.24) is 25.0 Å². The van der Waals surface area contributed by atoms with Crippen molar-refractivity contribution in [3.05, 3.63) is 66.5 Å². The number of rotatable bonds is 4. The summed E-state index contributed by atoms with van der Waals surface area (Å²) in [4.78, 5) is 18.7. The third kappa shape index (κ3) is 3.26. The number of urea groups is 1. The quantitative estimate of drug-likeness (QED) is 0.794. The van der Waals surface area contributed by atoms with E-state index < -0.39 is 0 Å². The highest BCUT2D eigenvalue weighted by Gasteiger charge is 2.31. The SMILES string of the molecule is O=C(NCc1ccnc(-n2cccn2)c1)N1CCC[C@H]1c1ccco1. The highest BCUT2D eigenvalue weighted by Crippen LogP contribution is 2.31. The second-order valence-corrected chi connectivity index (χ2v) is 6.00. The van der Waals surface area contributed by atoms with Gasteiger partial charge in [-0.05, 0) is 48.7 Å². The lowest BCUT2D eigenvalue weighted by Crippen LogP contribution is -2.39. The topological polar surface area (TPSA) is 76.2 Å². The first-order chi connectivity index (χ1) is 12.3. The predicted octanol–water partition coefficient (Wildman–Crippen LogP) is 2.91. The lowest BCUT2D eigenvalue weighted by Gasteiger charge is -2.23. The molecule has 0 spiro atoms. The van der Waals surface area contributed by atoms with Crippen LogP contribution in [0.1, 0.15) is 30.2 Å². The van der Waals surface area contributed by atoms with Crippen LogP contribution >= 0.6 is 0 Å². The predicted molar refractivity (Wildman–Crippen MR) is 91.0 cm³/mol.